The summed E-state index contributed by atoms with van der Waals surface area (Å²) in [6.07, 6.45) is 3.27. The van der Waals surface area contributed by atoms with Crippen molar-refractivity contribution in [1.82, 2.24) is 0 Å². The van der Waals surface area contributed by atoms with E-state index in [1.807, 2.05) is 0 Å². The Morgan fingerprint density at radius 2 is 2.00 bits per heavy atom. The van der Waals surface area contributed by atoms with Crippen molar-refractivity contribution in [3.63, 3.8) is 0 Å². The van der Waals surface area contributed by atoms with Gasteiger partial charge in [-0.05, 0) is 26.3 Å². The lowest BCUT2D eigenvalue weighted by molar-refractivity contribution is 0.268. The van der Waals surface area contributed by atoms with E-state index in [1.165, 1.54) is 13.8 Å². The van der Waals surface area contributed by atoms with Crippen molar-refractivity contribution in [3.8, 4) is 0 Å². The molecular weight excluding hydrogens is 115 g/mol. The largest absolute Gasteiger partial charge is 0.240 e. The summed E-state index contributed by atoms with van der Waals surface area (Å²) in [6, 6.07) is 0. The van der Waals surface area contributed by atoms with Crippen molar-refractivity contribution in [3.05, 3.63) is 24.3 Å². The molecule has 0 spiro atoms. The lowest BCUT2D eigenvalue weighted by atomic mass is 10.0. The molecule has 0 unspecified atom stereocenters. The minimum Gasteiger partial charge on any atom is -0.240 e. The molecule has 0 N–H and O–H groups in total. The van der Waals surface area contributed by atoms with E-state index in [4.69, 9.17) is 0 Å². The van der Waals surface area contributed by atoms with Crippen molar-refractivity contribution in [2.45, 2.75) is 26.4 Å². The number of allylic oxidation sites excluding steroid dienone is 3. The standard InChI is InChI=1S/C8H13F/c1-5-6-7(2)8(3,4)9/h5-6H,1H2,2-4H3/b7-6+. The van der Waals surface area contributed by atoms with Crippen molar-refractivity contribution in [2.24, 2.45) is 0 Å². The predicted molar refractivity (Wildman–Crippen MR) is 39.1 cm³/mol. The highest BCUT2D eigenvalue weighted by atomic mass is 19.1. The van der Waals surface area contributed by atoms with E-state index in [0.29, 0.717) is 5.57 Å². The summed E-state index contributed by atoms with van der Waals surface area (Å²) in [6.45, 7) is 8.28. The molecule has 0 aliphatic rings. The topological polar surface area (TPSA) is 0 Å². The van der Waals surface area contributed by atoms with Gasteiger partial charge in [-0.25, -0.2) is 4.39 Å². The number of hydrogen-bond donors (Lipinski definition) is 0. The second-order valence-corrected chi connectivity index (χ2v) is 2.56. The average molecular weight is 128 g/mol. The molecule has 0 saturated carbocycles. The molecular formula is C8H13F. The highest BCUT2D eigenvalue weighted by Crippen LogP contribution is 2.19. The van der Waals surface area contributed by atoms with E-state index < -0.39 is 5.67 Å². The molecule has 0 amide bonds. The maximum atomic E-state index is 12.9. The SMILES string of the molecule is C=C/C=C(\C)C(C)(C)F. The fourth-order valence-corrected chi connectivity index (χ4v) is 0.375. The highest BCUT2D eigenvalue weighted by molar-refractivity contribution is 5.16. The van der Waals surface area contributed by atoms with Crippen LogP contribution in [0.5, 0.6) is 0 Å². The van der Waals surface area contributed by atoms with Gasteiger partial charge >= 0.3 is 0 Å². The van der Waals surface area contributed by atoms with Crippen LogP contribution in [0.3, 0.4) is 0 Å². The van der Waals surface area contributed by atoms with E-state index in [1.54, 1.807) is 19.1 Å². The minimum absolute atomic E-state index is 0.706. The van der Waals surface area contributed by atoms with Crippen molar-refractivity contribution in [1.29, 1.82) is 0 Å². The Labute approximate surface area is 56.1 Å². The van der Waals surface area contributed by atoms with Crippen LogP contribution in [0.1, 0.15) is 20.8 Å². The monoisotopic (exact) mass is 128 g/mol. The Hall–Kier alpha value is -0.590. The van der Waals surface area contributed by atoms with Crippen molar-refractivity contribution >= 4 is 0 Å². The van der Waals surface area contributed by atoms with Crippen LogP contribution in [-0.2, 0) is 0 Å². The summed E-state index contributed by atoms with van der Waals surface area (Å²) in [4.78, 5) is 0. The van der Waals surface area contributed by atoms with Gasteiger partial charge in [-0.1, -0.05) is 18.7 Å². The van der Waals surface area contributed by atoms with Gasteiger partial charge in [-0.2, -0.15) is 0 Å². The Morgan fingerprint density at radius 1 is 1.56 bits per heavy atom. The van der Waals surface area contributed by atoms with Gasteiger partial charge in [-0.15, -0.1) is 0 Å². The maximum absolute atomic E-state index is 12.9. The van der Waals surface area contributed by atoms with E-state index >= 15 is 0 Å². The van der Waals surface area contributed by atoms with Gasteiger partial charge in [0.1, 0.15) is 5.67 Å². The first-order valence-electron chi connectivity index (χ1n) is 2.97. The number of hydrogen-bond acceptors (Lipinski definition) is 0. The summed E-state index contributed by atoms with van der Waals surface area (Å²) in [5.41, 5.74) is -0.494. The van der Waals surface area contributed by atoms with Gasteiger partial charge in [-0.3, -0.25) is 0 Å². The zero-order valence-electron chi connectivity index (χ0n) is 6.24. The van der Waals surface area contributed by atoms with Crippen LogP contribution in [0.15, 0.2) is 24.3 Å². The van der Waals surface area contributed by atoms with Crippen LogP contribution >= 0.6 is 0 Å². The smallest absolute Gasteiger partial charge is 0.126 e. The van der Waals surface area contributed by atoms with Gasteiger partial charge < -0.3 is 0 Å². The van der Waals surface area contributed by atoms with E-state index in [2.05, 4.69) is 6.58 Å². The zero-order chi connectivity index (χ0) is 7.49. The normalized spacial score (nSPS) is 13.6. The van der Waals surface area contributed by atoms with E-state index in [0.717, 1.165) is 0 Å². The highest BCUT2D eigenvalue weighted by Gasteiger charge is 2.16. The second-order valence-electron chi connectivity index (χ2n) is 2.56. The first-order valence-corrected chi connectivity index (χ1v) is 2.97. The molecule has 0 aliphatic heterocycles. The molecule has 0 aliphatic carbocycles. The third-order valence-electron chi connectivity index (χ3n) is 1.31. The molecule has 0 aromatic rings. The molecule has 0 aromatic heterocycles. The quantitative estimate of drug-likeness (QED) is 0.501. The first-order chi connectivity index (χ1) is 3.98. The van der Waals surface area contributed by atoms with E-state index in [-0.39, 0.29) is 0 Å². The summed E-state index contributed by atoms with van der Waals surface area (Å²) >= 11 is 0. The zero-order valence-corrected chi connectivity index (χ0v) is 6.24. The Kier molecular flexibility index (Phi) is 2.63. The minimum atomic E-state index is -1.20. The maximum Gasteiger partial charge on any atom is 0.126 e. The summed E-state index contributed by atoms with van der Waals surface area (Å²) in [5, 5.41) is 0. The van der Waals surface area contributed by atoms with Gasteiger partial charge in [0, 0.05) is 0 Å². The molecule has 0 nitrogen and oxygen atoms in total. The second kappa shape index (κ2) is 2.81. The Bertz CT molecular complexity index is 126. The molecule has 0 fully saturated rings. The Balaban J connectivity index is 4.19. The summed E-state index contributed by atoms with van der Waals surface area (Å²) in [7, 11) is 0. The van der Waals surface area contributed by atoms with Crippen LogP contribution in [-0.4, -0.2) is 5.67 Å². The van der Waals surface area contributed by atoms with Crippen LogP contribution in [0, 0.1) is 0 Å². The fourth-order valence-electron chi connectivity index (χ4n) is 0.375. The van der Waals surface area contributed by atoms with Crippen LogP contribution in [0.25, 0.3) is 0 Å². The number of halogens is 1. The summed E-state index contributed by atoms with van der Waals surface area (Å²) in [5.74, 6) is 0. The summed E-state index contributed by atoms with van der Waals surface area (Å²) < 4.78 is 12.9. The van der Waals surface area contributed by atoms with Crippen molar-refractivity contribution < 1.29 is 4.39 Å². The predicted octanol–water partition coefficient (Wildman–Crippen LogP) is 2.87. The lowest BCUT2D eigenvalue weighted by Gasteiger charge is -2.13. The molecule has 0 rings (SSSR count). The molecule has 0 radical (unpaired) electrons. The van der Waals surface area contributed by atoms with Crippen LogP contribution < -0.4 is 0 Å². The van der Waals surface area contributed by atoms with Crippen molar-refractivity contribution in [2.75, 3.05) is 0 Å². The molecule has 0 heterocycles. The van der Waals surface area contributed by atoms with Gasteiger partial charge in [0.25, 0.3) is 0 Å². The first kappa shape index (κ1) is 8.41. The molecule has 0 saturated heterocycles. The fraction of sp³-hybridized carbons (Fsp3) is 0.500. The molecule has 0 bridgehead atoms. The van der Waals surface area contributed by atoms with Crippen LogP contribution in [0.4, 0.5) is 4.39 Å². The third kappa shape index (κ3) is 3.07. The average Bonchev–Trinajstić information content (AvgIpc) is 1.64. The molecule has 1 heteroatoms. The number of alkyl halides is 1. The van der Waals surface area contributed by atoms with Gasteiger partial charge in [0.2, 0.25) is 0 Å². The van der Waals surface area contributed by atoms with Gasteiger partial charge in [0.05, 0.1) is 0 Å². The van der Waals surface area contributed by atoms with E-state index in [9.17, 15) is 4.39 Å². The van der Waals surface area contributed by atoms with Crippen LogP contribution in [0.2, 0.25) is 0 Å². The Morgan fingerprint density at radius 3 is 2.11 bits per heavy atom. The lowest BCUT2D eigenvalue weighted by Crippen LogP contribution is -2.12. The third-order valence-corrected chi connectivity index (χ3v) is 1.31. The molecule has 0 aromatic carbocycles. The van der Waals surface area contributed by atoms with Gasteiger partial charge in [0.15, 0.2) is 0 Å². The molecule has 52 valence electrons. The molecule has 0 atom stereocenters. The number of rotatable bonds is 2. The molecule has 9 heavy (non-hydrogen) atoms.